The smallest absolute Gasteiger partial charge is 0.270 e. The van der Waals surface area contributed by atoms with Gasteiger partial charge in [-0.15, -0.1) is 45.3 Å². The number of hydrogen-bond donors (Lipinski definition) is 0. The van der Waals surface area contributed by atoms with Crippen LogP contribution < -0.4 is 0 Å². The average molecular weight is 1550 g/mol. The zero-order chi connectivity index (χ0) is 77.0. The molecular formula is C95H79F3N6O2S5. The highest BCUT2D eigenvalue weighted by Crippen LogP contribution is 2.69. The summed E-state index contributed by atoms with van der Waals surface area (Å²) in [6, 6.07) is 49.8. The SMILES string of the molecule is [C-]#[N+]/C(C#N)=C1\C(=C\c2cc3c(s2)-c2sc4c(c2C3(c2ccc(CCCCCC)cc2)c2ccc(CCCCCC)cc2)c2nsnc2c2sc3c(c24)C(c2ccc(CCCCCC)cc2)(c2ccc(CCCCCC)cc2)c2cc(/C=C4\C(=O)c5cc(F)c(F)cc5\C4=C(\C#N)[N+]#[C-])sc2-3)C(=O)c2cc(F)c(C)cc21. The number of aromatic nitrogens is 2. The largest absolute Gasteiger partial charge is 0.289 e. The maximum absolute atomic E-state index is 15.7. The first-order valence-corrected chi connectivity index (χ1v) is 42.9. The van der Waals surface area contributed by atoms with Crippen LogP contribution in [0.25, 0.3) is 83.7 Å². The maximum atomic E-state index is 15.7. The molecule has 8 nitrogen and oxygen atoms in total. The molecule has 0 saturated carbocycles. The topological polar surface area (TPSA) is 116 Å². The number of nitriles is 2. The molecule has 0 spiro atoms. The molecule has 552 valence electrons. The highest BCUT2D eigenvalue weighted by atomic mass is 32.1. The van der Waals surface area contributed by atoms with Gasteiger partial charge in [0, 0.05) is 69.8 Å². The summed E-state index contributed by atoms with van der Waals surface area (Å²) in [5.74, 6) is -4.02. The molecule has 4 aliphatic rings. The Morgan fingerprint density at radius 2 is 0.802 bits per heavy atom. The fraction of sp³-hybridized carbons (Fsp3) is 0.284. The van der Waals surface area contributed by atoms with E-state index in [0.717, 1.165) is 241 Å². The molecule has 7 aromatic carbocycles. The number of hydrogen-bond acceptors (Lipinski definition) is 11. The lowest BCUT2D eigenvalue weighted by molar-refractivity contribution is 0.103. The van der Waals surface area contributed by atoms with Gasteiger partial charge in [-0.3, -0.25) is 9.59 Å². The Morgan fingerprint density at radius 3 is 1.19 bits per heavy atom. The second kappa shape index (κ2) is 31.1. The standard InChI is InChI=1S/C95H79F3N6O2S5/c1-8-12-16-20-24-55-28-36-59(37-29-55)94(60-38-30-56(31-39-60)25-21-17-13-9-2)71-47-63(45-69-78(76(52-99)101-6)65-44-54(5)73(96)50-67(65)86(69)105)107-88(71)92-82(94)80-84-85(104-111-103-84)91-81(90(80)109-92)83-93(110-91)89-72(48-64(108-89)46-70-79(77(53-100)102-7)66-49-74(97)75(98)51-68(66)87(70)106)95(83,61-40-32-57(33-41-61)26-22-18-14-10-3)62-42-34-58(35-43-62)27-23-19-15-11-4/h28-51H,8-27H2,1-5H3/b69-45-,70-46-,78-76-,79-77+. The number of unbranched alkanes of at least 4 members (excludes halogenated alkanes) is 12. The third-order valence-electron chi connectivity index (χ3n) is 23.2. The molecule has 111 heavy (non-hydrogen) atoms. The van der Waals surface area contributed by atoms with Crippen molar-refractivity contribution in [2.24, 2.45) is 0 Å². The van der Waals surface area contributed by atoms with Crippen LogP contribution in [0.4, 0.5) is 13.2 Å². The van der Waals surface area contributed by atoms with Gasteiger partial charge in [0.05, 0.1) is 72.0 Å². The number of benzene rings is 7. The molecular weight excluding hydrogens is 1470 g/mol. The van der Waals surface area contributed by atoms with Crippen LogP contribution in [-0.4, -0.2) is 20.3 Å². The third-order valence-corrected chi connectivity index (χ3v) is 28.6. The van der Waals surface area contributed by atoms with Crippen LogP contribution >= 0.6 is 57.1 Å². The monoisotopic (exact) mass is 1550 g/mol. The second-order valence-corrected chi connectivity index (χ2v) is 34.7. The summed E-state index contributed by atoms with van der Waals surface area (Å²) in [6.07, 6.45) is 25.1. The Hall–Kier alpha value is -10.3. The first-order valence-electron chi connectivity index (χ1n) is 38.9. The van der Waals surface area contributed by atoms with Crippen molar-refractivity contribution in [1.29, 1.82) is 10.5 Å². The number of rotatable bonds is 26. The van der Waals surface area contributed by atoms with Gasteiger partial charge >= 0.3 is 0 Å². The number of carbonyl (C=O) groups excluding carboxylic acids is 2. The highest BCUT2D eigenvalue weighted by molar-refractivity contribution is 7.30. The number of fused-ring (bicyclic) bond motifs is 16. The minimum Gasteiger partial charge on any atom is -0.289 e. The summed E-state index contributed by atoms with van der Waals surface area (Å²) < 4.78 is 59.1. The van der Waals surface area contributed by atoms with E-state index in [-0.39, 0.29) is 44.7 Å². The maximum Gasteiger partial charge on any atom is 0.270 e. The first kappa shape index (κ1) is 74.8. The fourth-order valence-corrected chi connectivity index (χ4v) is 23.8. The summed E-state index contributed by atoms with van der Waals surface area (Å²) in [5.41, 5.74) is 13.0. The molecule has 4 aliphatic carbocycles. The number of halogens is 3. The van der Waals surface area contributed by atoms with Gasteiger partial charge in [-0.05, 0) is 179 Å². The second-order valence-electron chi connectivity index (χ2n) is 29.9. The number of thiophene rings is 4. The van der Waals surface area contributed by atoms with Gasteiger partial charge in [0.25, 0.3) is 11.4 Å². The molecule has 5 aromatic heterocycles. The number of aryl methyl sites for hydroxylation is 5. The van der Waals surface area contributed by atoms with Crippen molar-refractivity contribution >= 4 is 123 Å². The van der Waals surface area contributed by atoms with Crippen molar-refractivity contribution in [2.45, 2.75) is 174 Å². The fourth-order valence-electron chi connectivity index (χ4n) is 17.7. The molecule has 0 saturated heterocycles. The van der Waals surface area contributed by atoms with Crippen molar-refractivity contribution < 1.29 is 22.8 Å². The van der Waals surface area contributed by atoms with Crippen LogP contribution in [0.2, 0.25) is 0 Å². The van der Waals surface area contributed by atoms with Crippen LogP contribution in [0, 0.1) is 60.2 Å². The van der Waals surface area contributed by atoms with E-state index in [0.29, 0.717) is 16.0 Å². The Labute approximate surface area is 666 Å². The third kappa shape index (κ3) is 12.5. The molecule has 0 atom stereocenters. The minimum absolute atomic E-state index is 0.00307. The molecule has 12 aromatic rings. The summed E-state index contributed by atoms with van der Waals surface area (Å²) in [7, 11) is 0. The number of ketones is 2. The van der Waals surface area contributed by atoms with Crippen molar-refractivity contribution in [2.75, 3.05) is 0 Å². The molecule has 0 radical (unpaired) electrons. The van der Waals surface area contributed by atoms with E-state index in [1.807, 2.05) is 12.1 Å². The van der Waals surface area contributed by atoms with Gasteiger partial charge in [-0.2, -0.15) is 8.75 Å². The van der Waals surface area contributed by atoms with Crippen LogP contribution in [0.5, 0.6) is 0 Å². The predicted molar refractivity (Wildman–Crippen MR) is 450 cm³/mol. The van der Waals surface area contributed by atoms with Crippen molar-refractivity contribution in [3.63, 3.8) is 0 Å². The Balaban J connectivity index is 1.01. The normalized spacial score (nSPS) is 15.8. The van der Waals surface area contributed by atoms with Gasteiger partial charge < -0.3 is 0 Å². The van der Waals surface area contributed by atoms with Crippen LogP contribution in [0.3, 0.4) is 0 Å². The van der Waals surface area contributed by atoms with E-state index in [9.17, 15) is 15.3 Å². The van der Waals surface area contributed by atoms with Crippen LogP contribution in [-0.2, 0) is 36.5 Å². The molecule has 0 N–H and O–H groups in total. The molecule has 0 fully saturated rings. The number of nitrogens with zero attached hydrogens (tertiary/aromatic N) is 6. The van der Waals surface area contributed by atoms with Gasteiger partial charge in [0.1, 0.15) is 16.9 Å². The quantitative estimate of drug-likeness (QED) is 0.0231. The van der Waals surface area contributed by atoms with Crippen LogP contribution in [0.15, 0.2) is 156 Å². The summed E-state index contributed by atoms with van der Waals surface area (Å²) >= 11 is 7.70. The average Bonchev–Trinajstić information content (AvgIpc) is 1.49. The molecule has 0 amide bonds. The molecule has 5 heterocycles. The lowest BCUT2D eigenvalue weighted by atomic mass is 9.66. The zero-order valence-electron chi connectivity index (χ0n) is 62.7. The Bertz CT molecular complexity index is 5960. The highest BCUT2D eigenvalue weighted by Gasteiger charge is 2.54. The molecule has 0 aliphatic heterocycles. The van der Waals surface area contributed by atoms with E-state index in [1.165, 1.54) is 51.4 Å². The Morgan fingerprint density at radius 1 is 0.441 bits per heavy atom. The zero-order valence-corrected chi connectivity index (χ0v) is 66.8. The van der Waals surface area contributed by atoms with E-state index in [4.69, 9.17) is 21.9 Å². The van der Waals surface area contributed by atoms with Gasteiger partial charge in [-0.25, -0.2) is 33.4 Å². The molecule has 16 heteroatoms. The molecule has 16 rings (SSSR count). The first-order chi connectivity index (χ1) is 54.2. The predicted octanol–water partition coefficient (Wildman–Crippen LogP) is 27.1. The minimum atomic E-state index is -1.21. The van der Waals surface area contributed by atoms with E-state index in [1.54, 1.807) is 53.1 Å². The molecule has 0 bridgehead atoms. The lowest BCUT2D eigenvalue weighted by Crippen LogP contribution is -2.29. The van der Waals surface area contributed by atoms with Crippen molar-refractivity contribution in [3.05, 3.63) is 301 Å². The number of carbonyl (C=O) groups is 2. The summed E-state index contributed by atoms with van der Waals surface area (Å²) in [6.45, 7) is 27.0. The summed E-state index contributed by atoms with van der Waals surface area (Å²) in [5, 5.41) is 23.2. The van der Waals surface area contributed by atoms with E-state index < -0.39 is 45.5 Å². The molecule has 0 unspecified atom stereocenters. The Kier molecular flexibility index (Phi) is 21.0. The summed E-state index contributed by atoms with van der Waals surface area (Å²) in [4.78, 5) is 42.5. The number of Topliss-reactive ketones (excluding diaryl/α,β-unsaturated/α-hetero) is 2. The van der Waals surface area contributed by atoms with E-state index >= 15 is 18.0 Å². The van der Waals surface area contributed by atoms with Gasteiger partial charge in [0.2, 0.25) is 0 Å². The van der Waals surface area contributed by atoms with Crippen molar-refractivity contribution in [1.82, 2.24) is 8.75 Å². The number of allylic oxidation sites excluding steroid dienone is 6. The van der Waals surface area contributed by atoms with Gasteiger partial charge in [0.15, 0.2) is 23.2 Å². The van der Waals surface area contributed by atoms with Gasteiger partial charge in [-0.1, -0.05) is 202 Å². The van der Waals surface area contributed by atoms with Crippen LogP contribution in [0.1, 0.15) is 244 Å². The van der Waals surface area contributed by atoms with Crippen molar-refractivity contribution in [3.8, 4) is 31.6 Å². The lowest BCUT2D eigenvalue weighted by Gasteiger charge is -2.34. The van der Waals surface area contributed by atoms with E-state index in [2.05, 4.69) is 153 Å².